The van der Waals surface area contributed by atoms with Gasteiger partial charge in [0.25, 0.3) is 0 Å². The van der Waals surface area contributed by atoms with Crippen LogP contribution in [-0.4, -0.2) is 49.6 Å². The monoisotopic (exact) mass is 424 g/mol. The standard InChI is InChI=1S/C24H40O6/c1-3-19-21(29-19)13-7-9-15-27-23(25)17-11-5-6-12-18(17)24(26)28-16-10-8-14-22-20(4-2)30-22/h17-22H,3-16H2,1-2H3. The number of esters is 2. The summed E-state index contributed by atoms with van der Waals surface area (Å²) in [6.07, 6.45) is 13.1. The van der Waals surface area contributed by atoms with Crippen molar-refractivity contribution in [3.8, 4) is 0 Å². The van der Waals surface area contributed by atoms with Gasteiger partial charge in [0.05, 0.1) is 49.5 Å². The molecular weight excluding hydrogens is 384 g/mol. The van der Waals surface area contributed by atoms with E-state index in [9.17, 15) is 9.59 Å². The molecule has 0 spiro atoms. The number of epoxide rings is 2. The molecule has 3 aliphatic rings. The van der Waals surface area contributed by atoms with Gasteiger partial charge in [-0.2, -0.15) is 0 Å². The van der Waals surface area contributed by atoms with Crippen LogP contribution in [0.1, 0.15) is 90.9 Å². The smallest absolute Gasteiger partial charge is 0.309 e. The predicted molar refractivity (Wildman–Crippen MR) is 113 cm³/mol. The van der Waals surface area contributed by atoms with E-state index >= 15 is 0 Å². The van der Waals surface area contributed by atoms with Crippen LogP contribution in [-0.2, 0) is 28.5 Å². The van der Waals surface area contributed by atoms with E-state index in [1.807, 2.05) is 0 Å². The highest BCUT2D eigenvalue weighted by molar-refractivity contribution is 5.82. The lowest BCUT2D eigenvalue weighted by Gasteiger charge is -2.28. The van der Waals surface area contributed by atoms with Crippen molar-refractivity contribution in [2.75, 3.05) is 13.2 Å². The second kappa shape index (κ2) is 12.0. The van der Waals surface area contributed by atoms with E-state index in [1.54, 1.807) is 0 Å². The molecule has 172 valence electrons. The molecule has 0 amide bonds. The molecule has 2 saturated heterocycles. The van der Waals surface area contributed by atoms with Crippen molar-refractivity contribution in [2.24, 2.45) is 11.8 Å². The molecule has 6 atom stereocenters. The molecule has 6 nitrogen and oxygen atoms in total. The van der Waals surface area contributed by atoms with E-state index < -0.39 is 0 Å². The molecule has 0 aromatic heterocycles. The van der Waals surface area contributed by atoms with E-state index in [0.717, 1.165) is 77.0 Å². The average molecular weight is 425 g/mol. The number of hydrogen-bond acceptors (Lipinski definition) is 6. The molecule has 0 bridgehead atoms. The third kappa shape index (κ3) is 7.23. The Morgan fingerprint density at radius 1 is 0.700 bits per heavy atom. The van der Waals surface area contributed by atoms with Crippen LogP contribution in [0.4, 0.5) is 0 Å². The van der Waals surface area contributed by atoms with Gasteiger partial charge in [0, 0.05) is 0 Å². The van der Waals surface area contributed by atoms with Gasteiger partial charge >= 0.3 is 11.9 Å². The zero-order valence-electron chi connectivity index (χ0n) is 18.8. The minimum Gasteiger partial charge on any atom is -0.465 e. The van der Waals surface area contributed by atoms with Crippen LogP contribution in [0.25, 0.3) is 0 Å². The summed E-state index contributed by atoms with van der Waals surface area (Å²) in [5, 5.41) is 0. The van der Waals surface area contributed by atoms with Gasteiger partial charge in [0.1, 0.15) is 0 Å². The summed E-state index contributed by atoms with van der Waals surface area (Å²) in [6.45, 7) is 5.15. The number of carbonyl (C=O) groups is 2. The predicted octanol–water partition coefficient (Wildman–Crippen LogP) is 4.57. The Morgan fingerprint density at radius 2 is 1.13 bits per heavy atom. The van der Waals surface area contributed by atoms with Crippen LogP contribution in [0.3, 0.4) is 0 Å². The van der Waals surface area contributed by atoms with Gasteiger partial charge < -0.3 is 18.9 Å². The summed E-state index contributed by atoms with van der Waals surface area (Å²) >= 11 is 0. The first kappa shape index (κ1) is 23.5. The summed E-state index contributed by atoms with van der Waals surface area (Å²) in [7, 11) is 0. The number of hydrogen-bond donors (Lipinski definition) is 0. The second-order valence-corrected chi connectivity index (χ2v) is 9.07. The molecule has 3 rings (SSSR count). The first-order valence-electron chi connectivity index (χ1n) is 12.3. The third-order valence-electron chi connectivity index (χ3n) is 6.81. The average Bonchev–Trinajstić information content (AvgIpc) is 3.68. The Balaban J connectivity index is 1.27. The molecule has 1 saturated carbocycles. The Labute approximate surface area is 181 Å². The Bertz CT molecular complexity index is 502. The van der Waals surface area contributed by atoms with E-state index in [0.29, 0.717) is 37.6 Å². The molecule has 1 aliphatic carbocycles. The van der Waals surface area contributed by atoms with Crippen LogP contribution < -0.4 is 0 Å². The normalized spacial score (nSPS) is 32.5. The van der Waals surface area contributed by atoms with Gasteiger partial charge in [-0.3, -0.25) is 9.59 Å². The van der Waals surface area contributed by atoms with Crippen LogP contribution in [0.15, 0.2) is 0 Å². The molecule has 6 unspecified atom stereocenters. The molecule has 6 heteroatoms. The lowest BCUT2D eigenvalue weighted by Crippen LogP contribution is -2.35. The van der Waals surface area contributed by atoms with Crippen molar-refractivity contribution in [3.05, 3.63) is 0 Å². The maximum absolute atomic E-state index is 12.6. The summed E-state index contributed by atoms with van der Waals surface area (Å²) in [5.41, 5.74) is 0. The van der Waals surface area contributed by atoms with E-state index in [1.165, 1.54) is 0 Å². The van der Waals surface area contributed by atoms with Crippen molar-refractivity contribution in [1.82, 2.24) is 0 Å². The van der Waals surface area contributed by atoms with Gasteiger partial charge in [0.2, 0.25) is 0 Å². The highest BCUT2D eigenvalue weighted by atomic mass is 16.6. The Morgan fingerprint density at radius 3 is 1.50 bits per heavy atom. The highest BCUT2D eigenvalue weighted by Gasteiger charge is 2.39. The van der Waals surface area contributed by atoms with Gasteiger partial charge in [-0.1, -0.05) is 26.7 Å². The number of unbranched alkanes of at least 4 members (excludes halogenated alkanes) is 2. The minimum absolute atomic E-state index is 0.220. The second-order valence-electron chi connectivity index (χ2n) is 9.07. The lowest BCUT2D eigenvalue weighted by molar-refractivity contribution is -0.163. The van der Waals surface area contributed by atoms with E-state index in [2.05, 4.69) is 13.8 Å². The number of carbonyl (C=O) groups excluding carboxylic acids is 2. The molecule has 3 fully saturated rings. The van der Waals surface area contributed by atoms with Crippen LogP contribution in [0, 0.1) is 11.8 Å². The fraction of sp³-hybridized carbons (Fsp3) is 0.917. The zero-order valence-corrected chi connectivity index (χ0v) is 18.8. The lowest BCUT2D eigenvalue weighted by atomic mass is 9.79. The van der Waals surface area contributed by atoms with Crippen molar-refractivity contribution in [3.63, 3.8) is 0 Å². The SMILES string of the molecule is CCC1OC1CCCCOC(=O)C1CCCCC1C(=O)OCCCCC1OC1CC. The van der Waals surface area contributed by atoms with Crippen LogP contribution in [0.2, 0.25) is 0 Å². The quantitative estimate of drug-likeness (QED) is 0.231. The molecule has 2 aliphatic heterocycles. The van der Waals surface area contributed by atoms with Gasteiger partial charge in [0.15, 0.2) is 0 Å². The van der Waals surface area contributed by atoms with Crippen LogP contribution >= 0.6 is 0 Å². The Kier molecular flexibility index (Phi) is 9.44. The van der Waals surface area contributed by atoms with Gasteiger partial charge in [-0.25, -0.2) is 0 Å². The van der Waals surface area contributed by atoms with Gasteiger partial charge in [-0.15, -0.1) is 0 Å². The highest BCUT2D eigenvalue weighted by Crippen LogP contribution is 2.33. The minimum atomic E-state index is -0.340. The molecule has 2 heterocycles. The van der Waals surface area contributed by atoms with E-state index in [-0.39, 0.29) is 23.8 Å². The fourth-order valence-electron chi connectivity index (χ4n) is 4.73. The summed E-state index contributed by atoms with van der Waals surface area (Å²) < 4.78 is 22.1. The maximum atomic E-state index is 12.6. The van der Waals surface area contributed by atoms with E-state index in [4.69, 9.17) is 18.9 Å². The third-order valence-corrected chi connectivity index (χ3v) is 6.81. The molecule has 0 aromatic rings. The first-order valence-corrected chi connectivity index (χ1v) is 12.3. The summed E-state index contributed by atoms with van der Waals surface area (Å²) in [5.74, 6) is -1.12. The maximum Gasteiger partial charge on any atom is 0.309 e. The van der Waals surface area contributed by atoms with Crippen molar-refractivity contribution in [2.45, 2.75) is 115 Å². The topological polar surface area (TPSA) is 77.7 Å². The van der Waals surface area contributed by atoms with Crippen molar-refractivity contribution in [1.29, 1.82) is 0 Å². The van der Waals surface area contributed by atoms with Crippen molar-refractivity contribution < 1.29 is 28.5 Å². The number of rotatable bonds is 14. The van der Waals surface area contributed by atoms with Crippen molar-refractivity contribution >= 4 is 11.9 Å². The molecular formula is C24H40O6. The first-order chi connectivity index (χ1) is 14.6. The molecule has 0 aromatic carbocycles. The van der Waals surface area contributed by atoms with Crippen LogP contribution in [0.5, 0.6) is 0 Å². The van der Waals surface area contributed by atoms with Gasteiger partial charge in [-0.05, 0) is 64.2 Å². The molecule has 0 N–H and O–H groups in total. The summed E-state index contributed by atoms with van der Waals surface area (Å²) in [4.78, 5) is 25.1. The largest absolute Gasteiger partial charge is 0.465 e. The Hall–Kier alpha value is -1.14. The molecule has 30 heavy (non-hydrogen) atoms. The fourth-order valence-corrected chi connectivity index (χ4v) is 4.73. The summed E-state index contributed by atoms with van der Waals surface area (Å²) in [6, 6.07) is 0. The zero-order chi connectivity index (χ0) is 21.3. The number of ether oxygens (including phenoxy) is 4. The molecule has 0 radical (unpaired) electrons.